The van der Waals surface area contributed by atoms with Gasteiger partial charge in [-0.15, -0.1) is 6.42 Å². The molecule has 1 fully saturated rings. The Balaban J connectivity index is -0.000000287. The summed E-state index contributed by atoms with van der Waals surface area (Å²) in [5, 5.41) is 21.1. The summed E-state index contributed by atoms with van der Waals surface area (Å²) in [4.78, 5) is 41.3. The molecular weight excluding hydrogens is 588 g/mol. The zero-order valence-electron chi connectivity index (χ0n) is 22.6. The van der Waals surface area contributed by atoms with Crippen molar-refractivity contribution in [3.05, 3.63) is 58.1 Å². The van der Waals surface area contributed by atoms with Crippen molar-refractivity contribution in [1.29, 1.82) is 0 Å². The number of nitrogens with zero attached hydrogens (tertiary/aromatic N) is 2. The number of alkyl halides is 2. The number of anilines is 1. The lowest BCUT2D eigenvalue weighted by Gasteiger charge is -2.21. The molecule has 2 aromatic rings. The second-order valence-electron chi connectivity index (χ2n) is 8.09. The zero-order valence-corrected chi connectivity index (χ0v) is 22.6. The zero-order chi connectivity index (χ0) is 32.7. The molecule has 240 valence electrons. The molecular formula is C33H37F2N3O7. The van der Waals surface area contributed by atoms with E-state index in [1.54, 1.807) is 0 Å². The molecule has 1 saturated heterocycles. The molecule has 10 nitrogen and oxygen atoms in total. The van der Waals surface area contributed by atoms with Crippen LogP contribution in [0.5, 0.6) is 0 Å². The van der Waals surface area contributed by atoms with Crippen LogP contribution in [0.15, 0.2) is 41.3 Å². The second kappa shape index (κ2) is 16.0. The van der Waals surface area contributed by atoms with Crippen LogP contribution >= 0.6 is 0 Å². The van der Waals surface area contributed by atoms with E-state index < -0.39 is 48.5 Å². The fraction of sp³-hybridized carbons (Fsp3) is 0.152. The van der Waals surface area contributed by atoms with Crippen molar-refractivity contribution < 1.29 is 53.7 Å². The standard InChI is InChI=1S/C33H15F2N3O7.11H2/c1-2-3-4-5-6-7-8-9-10-11-12-13-14-17-22-44-30(42)25-19-16-15-18-24(25)29(41)36-27-20-21-38(32(43)37-27)31-33(34,35)28(40)26(23-39)45-31;;;;;;;;;;;/h1,15-16,18-21,26,28,31,39-40H,23H2,(H,36,37,41,43);11*1H/t26-,28-,31-;;;;;;;;;;;/m1.........../s1. The van der Waals surface area contributed by atoms with E-state index in [1.807, 2.05) is 0 Å². The lowest BCUT2D eigenvalue weighted by atomic mass is 10.1. The number of terminal acetylenes is 1. The van der Waals surface area contributed by atoms with Gasteiger partial charge in [-0.2, -0.15) is 13.8 Å². The average molecular weight is 626 g/mol. The Labute approximate surface area is 271 Å². The van der Waals surface area contributed by atoms with Crippen LogP contribution in [0.25, 0.3) is 0 Å². The number of aromatic nitrogens is 2. The molecule has 3 rings (SSSR count). The van der Waals surface area contributed by atoms with Gasteiger partial charge in [-0.3, -0.25) is 9.36 Å². The Bertz CT molecular complexity index is 2110. The SMILES string of the molecule is C#CC#CC#CC#CC#CC#CC#CC#COC(=O)c1ccccc1C(=O)Nc1ccn([C@@H]2O[C@H](CO)[C@@H](O)C2(F)F)c(=O)n1.[HH].[HH].[HH].[HH].[HH].[HH].[HH].[HH].[HH].[HH].[HH]. The lowest BCUT2D eigenvalue weighted by Crippen LogP contribution is -2.41. The van der Waals surface area contributed by atoms with Gasteiger partial charge >= 0.3 is 17.6 Å². The fourth-order valence-electron chi connectivity index (χ4n) is 3.35. The maximum absolute atomic E-state index is 14.4. The number of nitrogens with one attached hydrogen (secondary N) is 1. The van der Waals surface area contributed by atoms with Gasteiger partial charge in [0.1, 0.15) is 18.0 Å². The van der Waals surface area contributed by atoms with Gasteiger partial charge in [0.15, 0.2) is 6.10 Å². The maximum atomic E-state index is 14.4. The van der Waals surface area contributed by atoms with Gasteiger partial charge in [-0.1, -0.05) is 12.1 Å². The number of carbonyl (C=O) groups is 2. The Morgan fingerprint density at radius 3 is 2.07 bits per heavy atom. The summed E-state index contributed by atoms with van der Waals surface area (Å²) < 4.78 is 38.9. The minimum absolute atomic E-state index is 0. The number of ether oxygens (including phenoxy) is 2. The van der Waals surface area contributed by atoms with Gasteiger partial charge in [0.2, 0.25) is 6.23 Å². The van der Waals surface area contributed by atoms with Crippen LogP contribution in [0.3, 0.4) is 0 Å². The Kier molecular flexibility index (Phi) is 11.7. The van der Waals surface area contributed by atoms with E-state index in [2.05, 4.69) is 99.3 Å². The number of hydrogen-bond acceptors (Lipinski definition) is 8. The fourth-order valence-corrected chi connectivity index (χ4v) is 3.35. The third kappa shape index (κ3) is 8.87. The summed E-state index contributed by atoms with van der Waals surface area (Å²) >= 11 is 0. The average Bonchev–Trinajstić information content (AvgIpc) is 3.26. The quantitative estimate of drug-likeness (QED) is 0.341. The van der Waals surface area contributed by atoms with Gasteiger partial charge in [0.25, 0.3) is 5.91 Å². The van der Waals surface area contributed by atoms with Gasteiger partial charge in [0.05, 0.1) is 17.7 Å². The molecule has 1 aliphatic heterocycles. The summed E-state index contributed by atoms with van der Waals surface area (Å²) in [5.74, 6) is 26.8. The molecule has 1 aromatic heterocycles. The number of rotatable bonds is 5. The van der Waals surface area contributed by atoms with Crippen molar-refractivity contribution in [2.75, 3.05) is 11.9 Å². The van der Waals surface area contributed by atoms with Crippen LogP contribution in [-0.2, 0) is 9.47 Å². The summed E-state index contributed by atoms with van der Waals surface area (Å²) in [6, 6.07) is 6.50. The third-order valence-electron chi connectivity index (χ3n) is 5.29. The van der Waals surface area contributed by atoms with Crippen molar-refractivity contribution in [1.82, 2.24) is 9.55 Å². The first-order valence-electron chi connectivity index (χ1n) is 12.2. The van der Waals surface area contributed by atoms with Crippen molar-refractivity contribution >= 4 is 17.7 Å². The van der Waals surface area contributed by atoms with Crippen molar-refractivity contribution in [3.8, 4) is 95.4 Å². The number of esters is 1. The Morgan fingerprint density at radius 1 is 0.978 bits per heavy atom. The van der Waals surface area contributed by atoms with Crippen LogP contribution in [0.2, 0.25) is 0 Å². The first kappa shape index (κ1) is 32.8. The van der Waals surface area contributed by atoms with E-state index in [4.69, 9.17) is 21.0 Å². The highest BCUT2D eigenvalue weighted by atomic mass is 19.3. The minimum Gasteiger partial charge on any atom is -0.394 e. The molecule has 12 heteroatoms. The van der Waals surface area contributed by atoms with Crippen LogP contribution in [-0.4, -0.2) is 56.4 Å². The third-order valence-corrected chi connectivity index (χ3v) is 5.29. The number of halogens is 2. The van der Waals surface area contributed by atoms with E-state index in [0.717, 1.165) is 12.3 Å². The molecule has 0 unspecified atom stereocenters. The highest BCUT2D eigenvalue weighted by Crippen LogP contribution is 2.41. The molecule has 0 spiro atoms. The molecule has 1 amide bonds. The molecule has 0 saturated carbocycles. The monoisotopic (exact) mass is 625 g/mol. The van der Waals surface area contributed by atoms with Gasteiger partial charge in [-0.05, 0) is 59.6 Å². The van der Waals surface area contributed by atoms with E-state index in [-0.39, 0.29) is 32.6 Å². The second-order valence-corrected chi connectivity index (χ2v) is 8.09. The number of aliphatic hydroxyl groups excluding tert-OH is 2. The van der Waals surface area contributed by atoms with Crippen LogP contribution < -0.4 is 11.0 Å². The van der Waals surface area contributed by atoms with Gasteiger partial charge in [-0.25, -0.2) is 9.59 Å². The number of amides is 1. The largest absolute Gasteiger partial charge is 0.394 e. The first-order valence-corrected chi connectivity index (χ1v) is 12.2. The number of aliphatic hydroxyl groups is 2. The molecule has 1 aliphatic rings. The summed E-state index contributed by atoms with van der Waals surface area (Å²) in [5.41, 5.74) is -1.62. The van der Waals surface area contributed by atoms with Crippen molar-refractivity contribution in [2.24, 2.45) is 0 Å². The van der Waals surface area contributed by atoms with Crippen LogP contribution in [0.4, 0.5) is 14.6 Å². The summed E-state index contributed by atoms with van der Waals surface area (Å²) in [6.07, 6.45) is 1.64. The number of carbonyl (C=O) groups excluding carboxylic acids is 2. The Morgan fingerprint density at radius 2 is 1.53 bits per heavy atom. The molecule has 3 N–H and O–H groups in total. The minimum atomic E-state index is -3.91. The van der Waals surface area contributed by atoms with Crippen LogP contribution in [0, 0.1) is 95.4 Å². The number of benzene rings is 1. The summed E-state index contributed by atoms with van der Waals surface area (Å²) in [6.45, 7) is -0.907. The number of hydrogen-bond donors (Lipinski definition) is 3. The molecule has 1 aromatic carbocycles. The summed E-state index contributed by atoms with van der Waals surface area (Å²) in [7, 11) is 0. The molecule has 45 heavy (non-hydrogen) atoms. The topological polar surface area (TPSA) is 140 Å². The molecule has 0 bridgehead atoms. The van der Waals surface area contributed by atoms with E-state index in [1.165, 1.54) is 24.3 Å². The Hall–Kier alpha value is -6.74. The van der Waals surface area contributed by atoms with Crippen LogP contribution in [0.1, 0.15) is 42.6 Å². The van der Waals surface area contributed by atoms with E-state index in [9.17, 15) is 28.3 Å². The highest BCUT2D eigenvalue weighted by molar-refractivity contribution is 6.10. The van der Waals surface area contributed by atoms with Crippen molar-refractivity contribution in [2.45, 2.75) is 24.4 Å². The first-order chi connectivity index (χ1) is 21.7. The van der Waals surface area contributed by atoms with Gasteiger partial charge in [0, 0.05) is 63.3 Å². The highest BCUT2D eigenvalue weighted by Gasteiger charge is 2.59. The van der Waals surface area contributed by atoms with Crippen molar-refractivity contribution in [3.63, 3.8) is 0 Å². The molecule has 0 aliphatic carbocycles. The normalized spacial score (nSPS) is 16.3. The molecule has 0 radical (unpaired) electrons. The van der Waals surface area contributed by atoms with E-state index in [0.29, 0.717) is 4.57 Å². The molecule has 3 atom stereocenters. The molecule has 2 heterocycles. The predicted molar refractivity (Wildman–Crippen MR) is 177 cm³/mol. The predicted octanol–water partition coefficient (Wildman–Crippen LogP) is 2.86. The van der Waals surface area contributed by atoms with Gasteiger partial charge < -0.3 is 25.0 Å². The lowest BCUT2D eigenvalue weighted by molar-refractivity contribution is -0.140. The maximum Gasteiger partial charge on any atom is 0.352 e. The van der Waals surface area contributed by atoms with E-state index >= 15 is 0 Å². The smallest absolute Gasteiger partial charge is 0.352 e.